The first-order valence-electron chi connectivity index (χ1n) is 9.58. The van der Waals surface area contributed by atoms with Gasteiger partial charge in [-0.15, -0.1) is 0 Å². The molecular formula is C22H18ClF6NO3. The third-order valence-corrected chi connectivity index (χ3v) is 6.27. The third kappa shape index (κ3) is 4.53. The lowest BCUT2D eigenvalue weighted by molar-refractivity contribution is -0.161. The van der Waals surface area contributed by atoms with E-state index in [2.05, 4.69) is 4.98 Å². The van der Waals surface area contributed by atoms with E-state index >= 15 is 0 Å². The van der Waals surface area contributed by atoms with Gasteiger partial charge in [-0.1, -0.05) is 49.7 Å². The number of hydrogen-bond donors (Lipinski definition) is 1. The van der Waals surface area contributed by atoms with Crippen molar-refractivity contribution in [2.24, 2.45) is 16.7 Å². The molecule has 1 saturated carbocycles. The van der Waals surface area contributed by atoms with Crippen molar-refractivity contribution < 1.29 is 41.0 Å². The van der Waals surface area contributed by atoms with Gasteiger partial charge in [0.15, 0.2) is 0 Å². The number of rotatable bonds is 6. The number of carboxylic acid groups (broad SMARTS) is 1. The first kappa shape index (κ1) is 24.9. The molecule has 4 nitrogen and oxygen atoms in total. The smallest absolute Gasteiger partial charge is 0.426 e. The molecule has 0 bridgehead atoms. The Balaban J connectivity index is 2.09. The number of benzene rings is 1. The number of para-hydroxylation sites is 1. The number of halogens is 7. The van der Waals surface area contributed by atoms with Crippen molar-refractivity contribution in [3.8, 4) is 11.6 Å². The van der Waals surface area contributed by atoms with Crippen LogP contribution < -0.4 is 4.74 Å². The van der Waals surface area contributed by atoms with Crippen LogP contribution in [0.4, 0.5) is 26.3 Å². The molecule has 1 unspecified atom stereocenters. The number of allylic oxidation sites excluding steroid dienone is 1. The fraction of sp³-hybridized carbons (Fsp3) is 0.364. The predicted octanol–water partition coefficient (Wildman–Crippen LogP) is 6.93. The summed E-state index contributed by atoms with van der Waals surface area (Å²) in [6, 6.07) is 11.7. The summed E-state index contributed by atoms with van der Waals surface area (Å²) < 4.78 is 87.2. The van der Waals surface area contributed by atoms with Crippen LogP contribution in [-0.4, -0.2) is 28.4 Å². The molecule has 1 N–H and O–H groups in total. The molecule has 0 radical (unpaired) electrons. The van der Waals surface area contributed by atoms with Crippen molar-refractivity contribution in [2.75, 3.05) is 0 Å². The van der Waals surface area contributed by atoms with E-state index in [4.69, 9.17) is 16.3 Å². The van der Waals surface area contributed by atoms with Crippen LogP contribution in [0.15, 0.2) is 59.6 Å². The van der Waals surface area contributed by atoms with Gasteiger partial charge in [0, 0.05) is 12.0 Å². The molecule has 1 aromatic heterocycles. The number of alkyl halides is 6. The highest BCUT2D eigenvalue weighted by molar-refractivity contribution is 6.30. The Bertz CT molecular complexity index is 1070. The predicted molar refractivity (Wildman–Crippen MR) is 107 cm³/mol. The van der Waals surface area contributed by atoms with Crippen LogP contribution in [0, 0.1) is 16.7 Å². The minimum absolute atomic E-state index is 0.171. The Kier molecular flexibility index (Phi) is 6.21. The molecule has 1 aromatic carbocycles. The molecule has 33 heavy (non-hydrogen) atoms. The molecule has 1 aliphatic rings. The van der Waals surface area contributed by atoms with Gasteiger partial charge >= 0.3 is 18.3 Å². The lowest BCUT2D eigenvalue weighted by Crippen LogP contribution is -2.28. The highest BCUT2D eigenvalue weighted by Crippen LogP contribution is 2.76. The number of pyridine rings is 1. The fourth-order valence-electron chi connectivity index (χ4n) is 4.34. The number of aliphatic carboxylic acids is 1. The van der Waals surface area contributed by atoms with Crippen LogP contribution in [0.25, 0.3) is 0 Å². The van der Waals surface area contributed by atoms with Crippen LogP contribution in [0.2, 0.25) is 0 Å². The average molecular weight is 494 g/mol. The van der Waals surface area contributed by atoms with Crippen LogP contribution in [0.1, 0.15) is 25.5 Å². The summed E-state index contributed by atoms with van der Waals surface area (Å²) in [5.41, 5.74) is -4.81. The standard InChI is InChI=1S/C22H18ClF6NO3/c1-19(2)17(20(19,18(31)32)11-14(23)21(24,25)26)16(22(27,28)29)13-9-6-10-15(30-13)33-12-7-4-3-5-8-12/h3-11,16-17H,1-2H3,(H,31,32)/t16?,17-,20+/m0/s1. The van der Waals surface area contributed by atoms with Crippen LogP contribution in [-0.2, 0) is 4.79 Å². The Morgan fingerprint density at radius 2 is 1.70 bits per heavy atom. The quantitative estimate of drug-likeness (QED) is 0.443. The van der Waals surface area contributed by atoms with E-state index in [1.807, 2.05) is 0 Å². The van der Waals surface area contributed by atoms with Gasteiger partial charge in [0.2, 0.25) is 5.88 Å². The number of hydrogen-bond acceptors (Lipinski definition) is 3. The fourth-order valence-corrected chi connectivity index (χ4v) is 4.51. The number of carbonyl (C=O) groups is 1. The molecule has 0 aliphatic heterocycles. The van der Waals surface area contributed by atoms with E-state index in [9.17, 15) is 36.2 Å². The lowest BCUT2D eigenvalue weighted by atomic mass is 9.90. The van der Waals surface area contributed by atoms with Gasteiger partial charge in [0.05, 0.1) is 11.1 Å². The molecule has 0 spiro atoms. The largest absolute Gasteiger partial charge is 0.481 e. The Morgan fingerprint density at radius 3 is 2.21 bits per heavy atom. The number of ether oxygens (including phenoxy) is 1. The number of nitrogens with zero attached hydrogens (tertiary/aromatic N) is 1. The minimum atomic E-state index is -5.11. The molecule has 0 saturated heterocycles. The number of carboxylic acids is 1. The van der Waals surface area contributed by atoms with Crippen molar-refractivity contribution in [2.45, 2.75) is 32.1 Å². The van der Waals surface area contributed by atoms with E-state index in [0.29, 0.717) is 5.75 Å². The van der Waals surface area contributed by atoms with Crippen LogP contribution in [0.5, 0.6) is 11.6 Å². The maximum Gasteiger partial charge on any atom is 0.426 e. The summed E-state index contributed by atoms with van der Waals surface area (Å²) in [5, 5.41) is 7.96. The molecule has 3 atom stereocenters. The summed E-state index contributed by atoms with van der Waals surface area (Å²) in [4.78, 5) is 16.0. The summed E-state index contributed by atoms with van der Waals surface area (Å²) in [5.74, 6) is -6.02. The minimum Gasteiger partial charge on any atom is -0.481 e. The summed E-state index contributed by atoms with van der Waals surface area (Å²) in [6.45, 7) is 2.32. The molecular weight excluding hydrogens is 476 g/mol. The second kappa shape index (κ2) is 8.23. The first-order chi connectivity index (χ1) is 15.1. The Hall–Kier alpha value is -2.75. The molecule has 1 aliphatic carbocycles. The van der Waals surface area contributed by atoms with Crippen molar-refractivity contribution in [1.29, 1.82) is 0 Å². The monoisotopic (exact) mass is 493 g/mol. The Labute approximate surface area is 189 Å². The Morgan fingerprint density at radius 1 is 1.09 bits per heavy atom. The van der Waals surface area contributed by atoms with Crippen molar-refractivity contribution in [3.63, 3.8) is 0 Å². The topological polar surface area (TPSA) is 59.4 Å². The second-order valence-corrected chi connectivity index (χ2v) is 8.61. The highest BCUT2D eigenvalue weighted by Gasteiger charge is 2.80. The normalized spacial score (nSPS) is 23.7. The molecule has 3 rings (SSSR count). The zero-order valence-electron chi connectivity index (χ0n) is 17.2. The van der Waals surface area contributed by atoms with E-state index in [-0.39, 0.29) is 12.0 Å². The van der Waals surface area contributed by atoms with Gasteiger partial charge in [-0.2, -0.15) is 26.3 Å². The summed E-state index contributed by atoms with van der Waals surface area (Å²) >= 11 is 5.25. The summed E-state index contributed by atoms with van der Waals surface area (Å²) in [6.07, 6.45) is -9.96. The highest BCUT2D eigenvalue weighted by atomic mass is 35.5. The van der Waals surface area contributed by atoms with Gasteiger partial charge in [-0.25, -0.2) is 4.98 Å². The van der Waals surface area contributed by atoms with Crippen LogP contribution in [0.3, 0.4) is 0 Å². The zero-order chi connectivity index (χ0) is 24.8. The molecule has 0 amide bonds. The van der Waals surface area contributed by atoms with E-state index in [0.717, 1.165) is 19.9 Å². The molecule has 11 heteroatoms. The van der Waals surface area contributed by atoms with Gasteiger partial charge in [-0.05, 0) is 29.7 Å². The first-order valence-corrected chi connectivity index (χ1v) is 9.95. The summed E-state index contributed by atoms with van der Waals surface area (Å²) in [7, 11) is 0. The van der Waals surface area contributed by atoms with Crippen molar-refractivity contribution in [3.05, 3.63) is 65.3 Å². The zero-order valence-corrected chi connectivity index (χ0v) is 18.0. The van der Waals surface area contributed by atoms with Gasteiger partial charge in [0.1, 0.15) is 16.7 Å². The van der Waals surface area contributed by atoms with Crippen molar-refractivity contribution >= 4 is 17.6 Å². The lowest BCUT2D eigenvalue weighted by Gasteiger charge is -2.22. The maximum atomic E-state index is 14.2. The SMILES string of the molecule is CC1(C)[C@H](C(c2cccc(Oc3ccccc3)n2)C(F)(F)F)[C@]1(C=C(Cl)C(F)(F)F)C(=O)O. The van der Waals surface area contributed by atoms with Gasteiger partial charge in [0.25, 0.3) is 0 Å². The average Bonchev–Trinajstić information content (AvgIpc) is 3.16. The van der Waals surface area contributed by atoms with Crippen LogP contribution >= 0.6 is 11.6 Å². The van der Waals surface area contributed by atoms with Gasteiger partial charge < -0.3 is 9.84 Å². The molecule has 2 aromatic rings. The molecule has 1 heterocycles. The van der Waals surface area contributed by atoms with Crippen molar-refractivity contribution in [1.82, 2.24) is 4.98 Å². The van der Waals surface area contributed by atoms with E-state index in [1.165, 1.54) is 12.1 Å². The number of aromatic nitrogens is 1. The maximum absolute atomic E-state index is 14.2. The van der Waals surface area contributed by atoms with Gasteiger partial charge in [-0.3, -0.25) is 4.79 Å². The third-order valence-electron chi connectivity index (χ3n) is 5.95. The molecule has 178 valence electrons. The van der Waals surface area contributed by atoms with E-state index < -0.39 is 51.7 Å². The second-order valence-electron chi connectivity index (χ2n) is 8.20. The molecule has 1 fully saturated rings. The van der Waals surface area contributed by atoms with E-state index in [1.54, 1.807) is 30.3 Å².